The van der Waals surface area contributed by atoms with Gasteiger partial charge in [-0.25, -0.2) is 0 Å². The summed E-state index contributed by atoms with van der Waals surface area (Å²) in [6.45, 7) is 4.81. The molecule has 0 N–H and O–H groups in total. The topological polar surface area (TPSA) is 26.3 Å². The second kappa shape index (κ2) is 4.80. The fourth-order valence-corrected chi connectivity index (χ4v) is 6.09. The molecule has 2 fully saturated rings. The number of ketones is 1. The number of hydrogen-bond acceptors (Lipinski definition) is 2. The lowest BCUT2D eigenvalue weighted by Crippen LogP contribution is -2.49. The van der Waals surface area contributed by atoms with Gasteiger partial charge >= 0.3 is 0 Å². The van der Waals surface area contributed by atoms with Gasteiger partial charge in [-0.15, -0.1) is 0 Å². The first-order chi connectivity index (χ1) is 10.5. The highest BCUT2D eigenvalue weighted by Gasteiger charge is 2.59. The maximum Gasteiger partial charge on any atom is 0.156 e. The first-order valence-electron chi connectivity index (χ1n) is 8.99. The van der Waals surface area contributed by atoms with Crippen molar-refractivity contribution in [2.45, 2.75) is 70.8 Å². The first kappa shape index (κ1) is 14.7. The van der Waals surface area contributed by atoms with Crippen molar-refractivity contribution >= 4 is 5.78 Å². The normalized spacial score (nSPS) is 44.3. The quantitative estimate of drug-likeness (QED) is 0.707. The molecular formula is C20H28O2. The second-order valence-electron chi connectivity index (χ2n) is 8.28. The summed E-state index contributed by atoms with van der Waals surface area (Å²) in [5, 5.41) is 0. The van der Waals surface area contributed by atoms with Crippen LogP contribution < -0.4 is 0 Å². The number of ether oxygens (including phenoxy) is 1. The SMILES string of the molecule is CO[C@@]1(C)CC[C@H]2[C@@H]3CCC4=CC(=O)CCC4=C3CC[C@@]21C. The molecule has 4 aliphatic carbocycles. The van der Waals surface area contributed by atoms with Crippen LogP contribution >= 0.6 is 0 Å². The van der Waals surface area contributed by atoms with Gasteiger partial charge in [-0.2, -0.15) is 0 Å². The van der Waals surface area contributed by atoms with Crippen LogP contribution in [-0.4, -0.2) is 18.5 Å². The molecule has 0 unspecified atom stereocenters. The van der Waals surface area contributed by atoms with Crippen molar-refractivity contribution in [3.05, 3.63) is 22.8 Å². The zero-order chi connectivity index (χ0) is 15.5. The number of hydrogen-bond donors (Lipinski definition) is 0. The molecular weight excluding hydrogens is 272 g/mol. The van der Waals surface area contributed by atoms with E-state index in [4.69, 9.17) is 4.74 Å². The van der Waals surface area contributed by atoms with Crippen LogP contribution in [0.3, 0.4) is 0 Å². The van der Waals surface area contributed by atoms with Crippen molar-refractivity contribution in [1.29, 1.82) is 0 Å². The smallest absolute Gasteiger partial charge is 0.156 e. The van der Waals surface area contributed by atoms with Crippen molar-refractivity contribution in [3.63, 3.8) is 0 Å². The van der Waals surface area contributed by atoms with E-state index >= 15 is 0 Å². The minimum absolute atomic E-state index is 0.0481. The summed E-state index contributed by atoms with van der Waals surface area (Å²) in [5.41, 5.74) is 5.03. The molecule has 2 nitrogen and oxygen atoms in total. The first-order valence-corrected chi connectivity index (χ1v) is 8.99. The molecule has 2 saturated carbocycles. The van der Waals surface area contributed by atoms with E-state index in [-0.39, 0.29) is 5.60 Å². The molecule has 0 aliphatic heterocycles. The number of rotatable bonds is 1. The van der Waals surface area contributed by atoms with Crippen LogP contribution in [0.25, 0.3) is 0 Å². The van der Waals surface area contributed by atoms with E-state index in [1.807, 2.05) is 13.2 Å². The standard InChI is InChI=1S/C20H28O2/c1-19-10-8-16-15-7-5-14(21)12-13(15)4-6-17(16)18(19)9-11-20(19,2)22-3/h12,17-18H,4-11H2,1-3H3/t17-,18+,19+,20+/m1/s1. The number of carbonyl (C=O) groups is 1. The predicted octanol–water partition coefficient (Wildman–Crippen LogP) is 4.60. The third kappa shape index (κ3) is 1.79. The maximum absolute atomic E-state index is 11.7. The molecule has 2 heteroatoms. The fraction of sp³-hybridized carbons (Fsp3) is 0.750. The van der Waals surface area contributed by atoms with E-state index in [1.54, 1.807) is 11.1 Å². The lowest BCUT2D eigenvalue weighted by Gasteiger charge is -2.52. The molecule has 0 aromatic carbocycles. The average molecular weight is 300 g/mol. The molecule has 0 amide bonds. The van der Waals surface area contributed by atoms with Gasteiger partial charge in [0.25, 0.3) is 0 Å². The van der Waals surface area contributed by atoms with Crippen LogP contribution in [0.4, 0.5) is 0 Å². The van der Waals surface area contributed by atoms with Crippen LogP contribution in [0.15, 0.2) is 22.8 Å². The molecule has 0 saturated heterocycles. The van der Waals surface area contributed by atoms with Crippen LogP contribution in [0.5, 0.6) is 0 Å². The van der Waals surface area contributed by atoms with Crippen molar-refractivity contribution in [2.24, 2.45) is 17.3 Å². The second-order valence-corrected chi connectivity index (χ2v) is 8.28. The Morgan fingerprint density at radius 2 is 1.91 bits per heavy atom. The summed E-state index contributed by atoms with van der Waals surface area (Å²) < 4.78 is 6.00. The molecule has 0 aromatic heterocycles. The van der Waals surface area contributed by atoms with Gasteiger partial charge < -0.3 is 4.74 Å². The lowest BCUT2D eigenvalue weighted by molar-refractivity contribution is -0.114. The van der Waals surface area contributed by atoms with Crippen molar-refractivity contribution < 1.29 is 9.53 Å². The van der Waals surface area contributed by atoms with Crippen molar-refractivity contribution in [1.82, 2.24) is 0 Å². The van der Waals surface area contributed by atoms with Crippen LogP contribution in [0.2, 0.25) is 0 Å². The highest BCUT2D eigenvalue weighted by molar-refractivity contribution is 5.93. The van der Waals surface area contributed by atoms with Gasteiger partial charge in [-0.05, 0) is 86.3 Å². The number of carbonyl (C=O) groups excluding carboxylic acids is 1. The van der Waals surface area contributed by atoms with Crippen molar-refractivity contribution in [3.8, 4) is 0 Å². The van der Waals surface area contributed by atoms with E-state index in [9.17, 15) is 4.79 Å². The monoisotopic (exact) mass is 300 g/mol. The molecule has 0 spiro atoms. The molecule has 0 aromatic rings. The average Bonchev–Trinajstić information content (AvgIpc) is 2.79. The number of methoxy groups -OCH3 is 1. The van der Waals surface area contributed by atoms with E-state index < -0.39 is 0 Å². The minimum Gasteiger partial charge on any atom is -0.378 e. The molecule has 0 radical (unpaired) electrons. The Kier molecular flexibility index (Phi) is 3.21. The molecule has 4 rings (SSSR count). The van der Waals surface area contributed by atoms with E-state index in [0.717, 1.165) is 31.1 Å². The Bertz CT molecular complexity index is 585. The summed E-state index contributed by atoms with van der Waals surface area (Å²) in [6.07, 6.45) is 11.0. The molecule has 120 valence electrons. The Morgan fingerprint density at radius 1 is 1.09 bits per heavy atom. The fourth-order valence-electron chi connectivity index (χ4n) is 6.09. The highest BCUT2D eigenvalue weighted by atomic mass is 16.5. The number of allylic oxidation sites excluding steroid dienone is 4. The van der Waals surface area contributed by atoms with Crippen LogP contribution in [-0.2, 0) is 9.53 Å². The zero-order valence-corrected chi connectivity index (χ0v) is 14.2. The van der Waals surface area contributed by atoms with E-state index in [0.29, 0.717) is 11.2 Å². The predicted molar refractivity (Wildman–Crippen MR) is 87.6 cm³/mol. The van der Waals surface area contributed by atoms with Gasteiger partial charge in [0.15, 0.2) is 5.78 Å². The Hall–Kier alpha value is -0.890. The molecule has 0 bridgehead atoms. The van der Waals surface area contributed by atoms with Gasteiger partial charge in [-0.3, -0.25) is 4.79 Å². The molecule has 22 heavy (non-hydrogen) atoms. The molecule has 4 atom stereocenters. The summed E-state index contributed by atoms with van der Waals surface area (Å²) in [6, 6.07) is 0. The third-order valence-corrected chi connectivity index (χ3v) is 7.71. The summed E-state index contributed by atoms with van der Waals surface area (Å²) >= 11 is 0. The van der Waals surface area contributed by atoms with Gasteiger partial charge in [0.2, 0.25) is 0 Å². The molecule has 4 aliphatic rings. The van der Waals surface area contributed by atoms with Gasteiger partial charge in [0, 0.05) is 13.5 Å². The largest absolute Gasteiger partial charge is 0.378 e. The lowest BCUT2D eigenvalue weighted by atomic mass is 9.55. The Balaban J connectivity index is 1.73. The Morgan fingerprint density at radius 3 is 2.68 bits per heavy atom. The van der Waals surface area contributed by atoms with Crippen molar-refractivity contribution in [2.75, 3.05) is 7.11 Å². The highest BCUT2D eigenvalue weighted by Crippen LogP contribution is 2.64. The summed E-state index contributed by atoms with van der Waals surface area (Å²) in [7, 11) is 1.90. The third-order valence-electron chi connectivity index (χ3n) is 7.71. The van der Waals surface area contributed by atoms with Crippen LogP contribution in [0, 0.1) is 17.3 Å². The van der Waals surface area contributed by atoms with Gasteiger partial charge in [-0.1, -0.05) is 12.5 Å². The maximum atomic E-state index is 11.7. The van der Waals surface area contributed by atoms with E-state index in [1.165, 1.54) is 37.7 Å². The van der Waals surface area contributed by atoms with E-state index in [2.05, 4.69) is 13.8 Å². The number of fused-ring (bicyclic) bond motifs is 4. The van der Waals surface area contributed by atoms with Crippen LogP contribution in [0.1, 0.15) is 65.2 Å². The van der Waals surface area contributed by atoms with Gasteiger partial charge in [0.05, 0.1) is 5.60 Å². The summed E-state index contributed by atoms with van der Waals surface area (Å²) in [4.78, 5) is 11.7. The minimum atomic E-state index is 0.0481. The zero-order valence-electron chi connectivity index (χ0n) is 14.2. The molecule has 0 heterocycles. The van der Waals surface area contributed by atoms with Gasteiger partial charge in [0.1, 0.15) is 0 Å². The summed E-state index contributed by atoms with van der Waals surface area (Å²) in [5.74, 6) is 1.86. The Labute approximate surface area is 134 Å².